The van der Waals surface area contributed by atoms with Gasteiger partial charge in [-0.1, -0.05) is 20.8 Å². The average Bonchev–Trinajstić information content (AvgIpc) is 3.33. The molecule has 0 radical (unpaired) electrons. The lowest BCUT2D eigenvalue weighted by Gasteiger charge is -2.19. The molecule has 0 unspecified atom stereocenters. The number of carbonyl (C=O) groups is 1. The van der Waals surface area contributed by atoms with Gasteiger partial charge in [0.2, 0.25) is 0 Å². The number of hydrogen-bond donors (Lipinski definition) is 2. The second-order valence-corrected chi connectivity index (χ2v) is 9.89. The van der Waals surface area contributed by atoms with Gasteiger partial charge >= 0.3 is 0 Å². The third-order valence-electron chi connectivity index (χ3n) is 4.33. The number of methoxy groups -OCH3 is 1. The molecule has 3 aromatic heterocycles. The van der Waals surface area contributed by atoms with Crippen LogP contribution in [0.4, 0.5) is 0 Å². The van der Waals surface area contributed by atoms with Crippen LogP contribution in [0.25, 0.3) is 11.3 Å². The second kappa shape index (κ2) is 9.43. The summed E-state index contributed by atoms with van der Waals surface area (Å²) in [4.78, 5) is 26.1. The van der Waals surface area contributed by atoms with Crippen molar-refractivity contribution in [3.8, 4) is 5.75 Å². The molecule has 3 aromatic rings. The molecule has 3 rings (SSSR count). The normalized spacial score (nSPS) is 12.9. The van der Waals surface area contributed by atoms with Gasteiger partial charge in [0.1, 0.15) is 23.4 Å². The number of nitrogens with zero attached hydrogens (tertiary/aromatic N) is 6. The molecule has 0 atom stereocenters. The van der Waals surface area contributed by atoms with E-state index in [4.69, 9.17) is 10.5 Å². The minimum atomic E-state index is -0.373. The van der Waals surface area contributed by atoms with E-state index in [1.54, 1.807) is 43.1 Å². The Bertz CT molecular complexity index is 1190. The van der Waals surface area contributed by atoms with Crippen molar-refractivity contribution in [1.29, 1.82) is 0 Å². The van der Waals surface area contributed by atoms with Crippen LogP contribution in [-0.2, 0) is 18.4 Å². The monoisotopic (exact) mass is 456 g/mol. The number of rotatable bonds is 7. The van der Waals surface area contributed by atoms with Crippen LogP contribution >= 0.6 is 11.8 Å². The highest BCUT2D eigenvalue weighted by atomic mass is 32.2. The summed E-state index contributed by atoms with van der Waals surface area (Å²) in [7, 11) is 4.94. The number of amides is 1. The number of imidazole rings is 1. The number of aryl methyl sites for hydroxylation is 1. The van der Waals surface area contributed by atoms with Crippen molar-refractivity contribution in [1.82, 2.24) is 29.5 Å². The zero-order valence-corrected chi connectivity index (χ0v) is 19.9. The van der Waals surface area contributed by atoms with E-state index in [-0.39, 0.29) is 22.9 Å². The first-order chi connectivity index (χ1) is 15.1. The molecule has 0 spiro atoms. The molecule has 0 fully saturated rings. The fraction of sp³-hybridized carbons (Fsp3) is 0.381. The van der Waals surface area contributed by atoms with Crippen molar-refractivity contribution in [2.24, 2.45) is 17.8 Å². The number of ether oxygens (including phenoxy) is 1. The Kier molecular flexibility index (Phi) is 6.87. The van der Waals surface area contributed by atoms with Crippen molar-refractivity contribution in [3.63, 3.8) is 0 Å². The Morgan fingerprint density at radius 2 is 2.12 bits per heavy atom. The van der Waals surface area contributed by atoms with E-state index < -0.39 is 0 Å². The van der Waals surface area contributed by atoms with E-state index in [2.05, 4.69) is 46.1 Å². The topological polar surface area (TPSA) is 125 Å². The van der Waals surface area contributed by atoms with Gasteiger partial charge in [0.25, 0.3) is 5.91 Å². The predicted octanol–water partition coefficient (Wildman–Crippen LogP) is 2.05. The Labute approximate surface area is 191 Å². The van der Waals surface area contributed by atoms with Gasteiger partial charge in [-0.3, -0.25) is 18.9 Å². The van der Waals surface area contributed by atoms with E-state index in [0.717, 1.165) is 10.6 Å². The molecule has 32 heavy (non-hydrogen) atoms. The molecule has 0 saturated heterocycles. The second-order valence-electron chi connectivity index (χ2n) is 8.02. The number of aliphatic imine (C=N–C) groups is 1. The maximum Gasteiger partial charge on any atom is 0.269 e. The van der Waals surface area contributed by atoms with Crippen molar-refractivity contribution in [2.75, 3.05) is 14.2 Å². The molecule has 3 heterocycles. The molecule has 0 aromatic carbocycles. The lowest BCUT2D eigenvalue weighted by molar-refractivity contribution is -0.114. The van der Waals surface area contributed by atoms with Crippen LogP contribution in [0.3, 0.4) is 0 Å². The highest BCUT2D eigenvalue weighted by molar-refractivity contribution is 8.00. The molecule has 1 amide bonds. The first-order valence-corrected chi connectivity index (χ1v) is 10.7. The summed E-state index contributed by atoms with van der Waals surface area (Å²) < 4.78 is 8.99. The summed E-state index contributed by atoms with van der Waals surface area (Å²) in [5.74, 6) is 0.880. The van der Waals surface area contributed by atoms with Crippen molar-refractivity contribution >= 4 is 34.7 Å². The van der Waals surface area contributed by atoms with Crippen LogP contribution in [0.15, 0.2) is 40.8 Å². The van der Waals surface area contributed by atoms with Gasteiger partial charge in [0, 0.05) is 31.1 Å². The highest BCUT2D eigenvalue weighted by Gasteiger charge is 2.19. The SMILES string of the molecule is CN=C(C=C(N)c1cnc2cc(OC)c(SC(C)(C)C)cn12)C(=O)NCc1ncn(C)n1. The zero-order valence-electron chi connectivity index (χ0n) is 19.1. The lowest BCUT2D eigenvalue weighted by atomic mass is 10.2. The number of aromatic nitrogens is 5. The third kappa shape index (κ3) is 5.47. The highest BCUT2D eigenvalue weighted by Crippen LogP contribution is 2.38. The standard InChI is InChI=1S/C21H28N8O2S/c1-21(2,3)32-17-11-29-15(9-24-19(29)8-16(17)31-6)13(22)7-14(23-4)20(30)25-10-18-26-12-28(5)27-18/h7-9,11-12H,10,22H2,1-6H3,(H,25,30). The molecule has 0 aliphatic rings. The number of pyridine rings is 1. The van der Waals surface area contributed by atoms with Crippen LogP contribution in [0.1, 0.15) is 32.3 Å². The number of nitrogens with one attached hydrogen (secondary N) is 1. The van der Waals surface area contributed by atoms with Crippen LogP contribution in [0.5, 0.6) is 5.75 Å². The molecular formula is C21H28N8O2S. The third-order valence-corrected chi connectivity index (χ3v) is 5.47. The minimum Gasteiger partial charge on any atom is -0.495 e. The number of fused-ring (bicyclic) bond motifs is 1. The fourth-order valence-electron chi connectivity index (χ4n) is 2.93. The van der Waals surface area contributed by atoms with Gasteiger partial charge in [-0.25, -0.2) is 9.97 Å². The molecule has 0 aliphatic carbocycles. The Morgan fingerprint density at radius 3 is 2.72 bits per heavy atom. The molecular weight excluding hydrogens is 428 g/mol. The summed E-state index contributed by atoms with van der Waals surface area (Å²) in [5, 5.41) is 6.89. The van der Waals surface area contributed by atoms with Crippen molar-refractivity contribution < 1.29 is 9.53 Å². The molecule has 10 nitrogen and oxygen atoms in total. The number of hydrogen-bond acceptors (Lipinski definition) is 8. The van der Waals surface area contributed by atoms with Crippen LogP contribution in [-0.4, -0.2) is 54.7 Å². The van der Waals surface area contributed by atoms with Crippen LogP contribution in [0, 0.1) is 0 Å². The Balaban J connectivity index is 1.87. The van der Waals surface area contributed by atoms with E-state index in [0.29, 0.717) is 22.9 Å². The summed E-state index contributed by atoms with van der Waals surface area (Å²) >= 11 is 1.68. The summed E-state index contributed by atoms with van der Waals surface area (Å²) in [6.45, 7) is 6.59. The Hall–Kier alpha value is -3.34. The molecule has 11 heteroatoms. The largest absolute Gasteiger partial charge is 0.495 e. The van der Waals surface area contributed by atoms with E-state index in [1.807, 2.05) is 16.7 Å². The molecule has 0 bridgehead atoms. The quantitative estimate of drug-likeness (QED) is 0.412. The van der Waals surface area contributed by atoms with Crippen LogP contribution in [0.2, 0.25) is 0 Å². The van der Waals surface area contributed by atoms with E-state index >= 15 is 0 Å². The van der Waals surface area contributed by atoms with E-state index in [1.165, 1.54) is 13.1 Å². The number of thioether (sulfide) groups is 1. The van der Waals surface area contributed by atoms with Gasteiger partial charge in [0.05, 0.1) is 36.1 Å². The van der Waals surface area contributed by atoms with Crippen molar-refractivity contribution in [3.05, 3.63) is 42.4 Å². The molecule has 170 valence electrons. The van der Waals surface area contributed by atoms with Gasteiger partial charge < -0.3 is 15.8 Å². The summed E-state index contributed by atoms with van der Waals surface area (Å²) in [5.41, 5.74) is 8.24. The molecule has 0 saturated carbocycles. The number of nitrogens with two attached hydrogens (primary N) is 1. The molecule has 0 aliphatic heterocycles. The lowest BCUT2D eigenvalue weighted by Crippen LogP contribution is -2.30. The van der Waals surface area contributed by atoms with Crippen LogP contribution < -0.4 is 15.8 Å². The summed E-state index contributed by atoms with van der Waals surface area (Å²) in [6, 6.07) is 1.87. The van der Waals surface area contributed by atoms with Crippen molar-refractivity contribution in [2.45, 2.75) is 37.0 Å². The number of carbonyl (C=O) groups excluding carboxylic acids is 1. The van der Waals surface area contributed by atoms with Gasteiger partial charge in [-0.05, 0) is 6.08 Å². The maximum atomic E-state index is 12.6. The Morgan fingerprint density at radius 1 is 1.38 bits per heavy atom. The van der Waals surface area contributed by atoms with Gasteiger partial charge in [-0.2, -0.15) is 5.10 Å². The van der Waals surface area contributed by atoms with Gasteiger partial charge in [-0.15, -0.1) is 11.8 Å². The first-order valence-electron chi connectivity index (χ1n) is 9.92. The maximum absolute atomic E-state index is 12.6. The molecule has 3 N–H and O–H groups in total. The first kappa shape index (κ1) is 23.3. The van der Waals surface area contributed by atoms with Gasteiger partial charge in [0.15, 0.2) is 5.82 Å². The van der Waals surface area contributed by atoms with E-state index in [9.17, 15) is 4.79 Å². The average molecular weight is 457 g/mol. The fourth-order valence-corrected chi connectivity index (χ4v) is 3.99. The minimum absolute atomic E-state index is 0.00825. The smallest absolute Gasteiger partial charge is 0.269 e. The zero-order chi connectivity index (χ0) is 23.5. The summed E-state index contributed by atoms with van der Waals surface area (Å²) in [6.07, 6.45) is 6.71. The predicted molar refractivity (Wildman–Crippen MR) is 126 cm³/mol.